The molecule has 3 heterocycles. The Labute approximate surface area is 140 Å². The third-order valence-electron chi connectivity index (χ3n) is 4.93. The van der Waals surface area contributed by atoms with E-state index in [1.54, 1.807) is 20.8 Å². The molecule has 0 aromatic carbocycles. The predicted octanol–water partition coefficient (Wildman–Crippen LogP) is -0.245. The van der Waals surface area contributed by atoms with Gasteiger partial charge in [0.15, 0.2) is 17.5 Å². The minimum Gasteiger partial charge on any atom is -0.441 e. The first-order valence-electron chi connectivity index (χ1n) is 7.89. The fourth-order valence-corrected chi connectivity index (χ4v) is 3.53. The SMILES string of the molecule is CNC(=O)O[C@@H]1CO[C@]2(COC(C)(C)O2)[C@@](O)(C2(C)CO2)[C@@H]1OC. The molecule has 0 saturated carbocycles. The van der Waals surface area contributed by atoms with Crippen molar-refractivity contribution < 1.29 is 38.3 Å². The standard InChI is InChI=1S/C15H25NO8/c1-12(2)21-8-14(24-12)15(18,13(3)7-22-13)10(19-5)9(6-20-14)23-11(17)16-4/h9-10,18H,6-8H2,1-5H3,(H,16,17)/t9-,10-,13?,14+,15+/m1/s1. The second-order valence-electron chi connectivity index (χ2n) is 6.99. The first kappa shape index (κ1) is 17.8. The number of hydrogen-bond donors (Lipinski definition) is 2. The number of carbonyl (C=O) groups excluding carboxylic acids is 1. The lowest BCUT2D eigenvalue weighted by Crippen LogP contribution is -2.77. The van der Waals surface area contributed by atoms with Gasteiger partial charge in [-0.1, -0.05) is 0 Å². The van der Waals surface area contributed by atoms with Crippen LogP contribution in [0.25, 0.3) is 0 Å². The molecule has 1 amide bonds. The Morgan fingerprint density at radius 1 is 1.21 bits per heavy atom. The van der Waals surface area contributed by atoms with Crippen LogP contribution in [-0.4, -0.2) is 80.2 Å². The quantitative estimate of drug-likeness (QED) is 0.673. The Hall–Kier alpha value is -0.970. The van der Waals surface area contributed by atoms with Crippen LogP contribution in [0.5, 0.6) is 0 Å². The van der Waals surface area contributed by atoms with Crippen molar-refractivity contribution in [1.29, 1.82) is 0 Å². The van der Waals surface area contributed by atoms with E-state index < -0.39 is 41.1 Å². The predicted molar refractivity (Wildman–Crippen MR) is 79.2 cm³/mol. The molecule has 0 aliphatic carbocycles. The minimum atomic E-state index is -1.74. The summed E-state index contributed by atoms with van der Waals surface area (Å²) in [6.07, 6.45) is -2.40. The van der Waals surface area contributed by atoms with E-state index in [4.69, 9.17) is 28.4 Å². The molecule has 9 heteroatoms. The van der Waals surface area contributed by atoms with E-state index in [2.05, 4.69) is 5.32 Å². The van der Waals surface area contributed by atoms with Gasteiger partial charge < -0.3 is 38.8 Å². The summed E-state index contributed by atoms with van der Waals surface area (Å²) in [5.41, 5.74) is -2.71. The molecule has 3 rings (SSSR count). The molecule has 9 nitrogen and oxygen atoms in total. The number of epoxide rings is 1. The van der Waals surface area contributed by atoms with Gasteiger partial charge in [-0.05, 0) is 20.8 Å². The summed E-state index contributed by atoms with van der Waals surface area (Å²) < 4.78 is 33.8. The molecule has 1 unspecified atom stereocenters. The molecule has 0 radical (unpaired) electrons. The molecular weight excluding hydrogens is 322 g/mol. The second kappa shape index (κ2) is 5.52. The molecule has 1 spiro atoms. The first-order valence-corrected chi connectivity index (χ1v) is 7.89. The molecule has 138 valence electrons. The molecule has 2 N–H and O–H groups in total. The van der Waals surface area contributed by atoms with Crippen molar-refractivity contribution in [2.45, 2.75) is 55.8 Å². The Kier molecular flexibility index (Phi) is 4.10. The number of amides is 1. The van der Waals surface area contributed by atoms with E-state index in [1.807, 2.05) is 0 Å². The summed E-state index contributed by atoms with van der Waals surface area (Å²) in [6, 6.07) is 0. The number of ether oxygens (including phenoxy) is 6. The highest BCUT2D eigenvalue weighted by molar-refractivity contribution is 5.67. The molecule has 3 aliphatic rings. The van der Waals surface area contributed by atoms with Gasteiger partial charge in [-0.25, -0.2) is 4.79 Å². The van der Waals surface area contributed by atoms with Crippen molar-refractivity contribution in [2.75, 3.05) is 34.0 Å². The summed E-state index contributed by atoms with van der Waals surface area (Å²) in [4.78, 5) is 11.6. The van der Waals surface area contributed by atoms with Crippen LogP contribution in [-0.2, 0) is 28.4 Å². The second-order valence-corrected chi connectivity index (χ2v) is 6.99. The van der Waals surface area contributed by atoms with Crippen molar-refractivity contribution in [3.63, 3.8) is 0 Å². The molecule has 0 aromatic heterocycles. The normalized spacial score (nSPS) is 46.8. The van der Waals surface area contributed by atoms with E-state index in [-0.39, 0.29) is 13.2 Å². The van der Waals surface area contributed by atoms with Crippen LogP contribution in [0.3, 0.4) is 0 Å². The number of alkyl carbamates (subject to hydrolysis) is 1. The maximum Gasteiger partial charge on any atom is 0.407 e. The molecule has 24 heavy (non-hydrogen) atoms. The van der Waals surface area contributed by atoms with Crippen molar-refractivity contribution in [1.82, 2.24) is 5.32 Å². The van der Waals surface area contributed by atoms with Gasteiger partial charge >= 0.3 is 6.09 Å². The fourth-order valence-electron chi connectivity index (χ4n) is 3.53. The molecular formula is C15H25NO8. The van der Waals surface area contributed by atoms with E-state index in [0.29, 0.717) is 6.61 Å². The Morgan fingerprint density at radius 3 is 2.33 bits per heavy atom. The maximum absolute atomic E-state index is 11.7. The van der Waals surface area contributed by atoms with E-state index in [1.165, 1.54) is 14.2 Å². The molecule has 3 fully saturated rings. The van der Waals surface area contributed by atoms with Gasteiger partial charge in [0.1, 0.15) is 18.3 Å². The topological polar surface area (TPSA) is 108 Å². The van der Waals surface area contributed by atoms with Crippen LogP contribution >= 0.6 is 0 Å². The fraction of sp³-hybridized carbons (Fsp3) is 0.933. The van der Waals surface area contributed by atoms with Gasteiger partial charge in [-0.15, -0.1) is 0 Å². The highest BCUT2D eigenvalue weighted by Crippen LogP contribution is 2.55. The number of rotatable bonds is 3. The first-order chi connectivity index (χ1) is 11.1. The highest BCUT2D eigenvalue weighted by atomic mass is 16.8. The zero-order valence-electron chi connectivity index (χ0n) is 14.6. The van der Waals surface area contributed by atoms with Crippen molar-refractivity contribution in [2.24, 2.45) is 0 Å². The highest BCUT2D eigenvalue weighted by Gasteiger charge is 2.78. The zero-order valence-corrected chi connectivity index (χ0v) is 14.6. The average Bonchev–Trinajstić information content (AvgIpc) is 3.20. The summed E-state index contributed by atoms with van der Waals surface area (Å²) in [7, 11) is 2.88. The van der Waals surface area contributed by atoms with Crippen LogP contribution in [0.15, 0.2) is 0 Å². The summed E-state index contributed by atoms with van der Waals surface area (Å²) in [5.74, 6) is -2.42. The van der Waals surface area contributed by atoms with Gasteiger partial charge in [0.05, 0.1) is 13.2 Å². The van der Waals surface area contributed by atoms with Gasteiger partial charge in [-0.3, -0.25) is 0 Å². The molecule has 5 atom stereocenters. The molecule has 0 bridgehead atoms. The Morgan fingerprint density at radius 2 is 1.88 bits per heavy atom. The maximum atomic E-state index is 11.7. The van der Waals surface area contributed by atoms with E-state index >= 15 is 0 Å². The number of aliphatic hydroxyl groups is 1. The van der Waals surface area contributed by atoms with Gasteiger partial charge in [0, 0.05) is 14.2 Å². The molecule has 3 saturated heterocycles. The van der Waals surface area contributed by atoms with Crippen molar-refractivity contribution in [3.8, 4) is 0 Å². The van der Waals surface area contributed by atoms with Gasteiger partial charge in [0.25, 0.3) is 0 Å². The summed E-state index contributed by atoms with van der Waals surface area (Å²) >= 11 is 0. The Bertz CT molecular complexity index is 522. The number of hydrogen-bond acceptors (Lipinski definition) is 8. The molecule has 0 aromatic rings. The largest absolute Gasteiger partial charge is 0.441 e. The third-order valence-corrected chi connectivity index (χ3v) is 4.93. The van der Waals surface area contributed by atoms with Crippen LogP contribution < -0.4 is 5.32 Å². The lowest BCUT2D eigenvalue weighted by atomic mass is 9.73. The molecule has 3 aliphatic heterocycles. The summed E-state index contributed by atoms with van der Waals surface area (Å²) in [6.45, 7) is 5.49. The lowest BCUT2D eigenvalue weighted by Gasteiger charge is -2.53. The third kappa shape index (κ3) is 2.42. The van der Waals surface area contributed by atoms with Crippen LogP contribution in [0.4, 0.5) is 4.79 Å². The van der Waals surface area contributed by atoms with Crippen LogP contribution in [0, 0.1) is 0 Å². The smallest absolute Gasteiger partial charge is 0.407 e. The lowest BCUT2D eigenvalue weighted by molar-refractivity contribution is -0.391. The van der Waals surface area contributed by atoms with Gasteiger partial charge in [0.2, 0.25) is 5.79 Å². The van der Waals surface area contributed by atoms with E-state index in [0.717, 1.165) is 0 Å². The Balaban J connectivity index is 1.98. The minimum absolute atomic E-state index is 0.00199. The summed E-state index contributed by atoms with van der Waals surface area (Å²) in [5, 5.41) is 14.0. The van der Waals surface area contributed by atoms with Gasteiger partial charge in [-0.2, -0.15) is 0 Å². The van der Waals surface area contributed by atoms with E-state index in [9.17, 15) is 9.90 Å². The van der Waals surface area contributed by atoms with Crippen molar-refractivity contribution in [3.05, 3.63) is 0 Å². The number of nitrogens with one attached hydrogen (secondary N) is 1. The number of methoxy groups -OCH3 is 1. The van der Waals surface area contributed by atoms with Crippen LogP contribution in [0.2, 0.25) is 0 Å². The zero-order chi connectivity index (χ0) is 17.8. The number of carbonyl (C=O) groups is 1. The average molecular weight is 347 g/mol. The van der Waals surface area contributed by atoms with Crippen molar-refractivity contribution >= 4 is 6.09 Å². The monoisotopic (exact) mass is 347 g/mol. The van der Waals surface area contributed by atoms with Crippen LogP contribution in [0.1, 0.15) is 20.8 Å².